The van der Waals surface area contributed by atoms with Crippen molar-refractivity contribution >= 4 is 17.1 Å². The number of amides is 2. The number of hydrogen-bond acceptors (Lipinski definition) is 4. The summed E-state index contributed by atoms with van der Waals surface area (Å²) in [4.78, 5) is 23.4. The zero-order valence-corrected chi connectivity index (χ0v) is 16.8. The lowest BCUT2D eigenvalue weighted by Gasteiger charge is -2.32. The number of hydrogen-bond donors (Lipinski definition) is 1. The Morgan fingerprint density at radius 2 is 2.10 bits per heavy atom. The molecule has 3 aromatic rings. The Morgan fingerprint density at radius 1 is 1.24 bits per heavy atom. The predicted octanol–water partition coefficient (Wildman–Crippen LogP) is 2.90. The third kappa shape index (κ3) is 4.74. The zero-order chi connectivity index (χ0) is 20.1. The smallest absolute Gasteiger partial charge is 0.317 e. The van der Waals surface area contributed by atoms with E-state index in [0.717, 1.165) is 41.9 Å². The molecule has 152 valence electrons. The molecule has 1 atom stereocenters. The fourth-order valence-corrected chi connectivity index (χ4v) is 3.76. The van der Waals surface area contributed by atoms with Crippen molar-refractivity contribution in [3.63, 3.8) is 0 Å². The topological polar surface area (TPSA) is 72.3 Å². The minimum atomic E-state index is -0.0325. The summed E-state index contributed by atoms with van der Waals surface area (Å²) in [6.07, 6.45) is 4.44. The lowest BCUT2D eigenvalue weighted by molar-refractivity contribution is -0.00162. The molecule has 1 aliphatic rings. The molecule has 3 heterocycles. The summed E-state index contributed by atoms with van der Waals surface area (Å²) in [6.45, 7) is 2.42. The van der Waals surface area contributed by atoms with Crippen molar-refractivity contribution < 1.29 is 9.53 Å². The van der Waals surface area contributed by atoms with Gasteiger partial charge in [0.15, 0.2) is 0 Å². The van der Waals surface area contributed by atoms with Crippen LogP contribution in [0.2, 0.25) is 0 Å². The molecule has 4 rings (SSSR count). The highest BCUT2D eigenvalue weighted by Gasteiger charge is 2.24. The van der Waals surface area contributed by atoms with Crippen molar-refractivity contribution in [3.05, 3.63) is 60.2 Å². The molecule has 1 N–H and O–H groups in total. The van der Waals surface area contributed by atoms with E-state index in [9.17, 15) is 4.79 Å². The van der Waals surface area contributed by atoms with E-state index in [1.54, 1.807) is 6.20 Å². The Balaban J connectivity index is 1.25. The zero-order valence-electron chi connectivity index (χ0n) is 16.8. The highest BCUT2D eigenvalue weighted by atomic mass is 16.5. The first-order valence-corrected chi connectivity index (χ1v) is 10.2. The van der Waals surface area contributed by atoms with Crippen molar-refractivity contribution in [1.82, 2.24) is 24.8 Å². The molecule has 0 radical (unpaired) electrons. The van der Waals surface area contributed by atoms with Crippen molar-refractivity contribution in [3.8, 4) is 0 Å². The number of likely N-dealkylation sites (tertiary alicyclic amines) is 1. The van der Waals surface area contributed by atoms with Crippen LogP contribution in [0.25, 0.3) is 11.0 Å². The molecule has 1 saturated heterocycles. The van der Waals surface area contributed by atoms with Gasteiger partial charge in [0, 0.05) is 39.3 Å². The first kappa shape index (κ1) is 19.4. The fraction of sp³-hybridized carbons (Fsp3) is 0.409. The SMILES string of the molecule is Cn1c(CCNC(=O)N2CCC[C@H](OCc3ccccn3)C2)nc2ccccc21. The molecule has 0 unspecified atom stereocenters. The molecule has 2 amide bonds. The van der Waals surface area contributed by atoms with E-state index in [0.29, 0.717) is 26.1 Å². The van der Waals surface area contributed by atoms with E-state index < -0.39 is 0 Å². The van der Waals surface area contributed by atoms with Crippen LogP contribution >= 0.6 is 0 Å². The summed E-state index contributed by atoms with van der Waals surface area (Å²) in [5.41, 5.74) is 3.01. The van der Waals surface area contributed by atoms with Gasteiger partial charge in [-0.3, -0.25) is 4.98 Å². The second-order valence-corrected chi connectivity index (χ2v) is 7.40. The number of benzene rings is 1. The van der Waals surface area contributed by atoms with Gasteiger partial charge in [-0.15, -0.1) is 0 Å². The van der Waals surface area contributed by atoms with Crippen LogP contribution in [-0.4, -0.2) is 51.2 Å². The van der Waals surface area contributed by atoms with Gasteiger partial charge in [-0.2, -0.15) is 0 Å². The Bertz CT molecular complexity index is 956. The highest BCUT2D eigenvalue weighted by molar-refractivity contribution is 5.76. The number of aryl methyl sites for hydroxylation is 1. The minimum Gasteiger partial charge on any atom is -0.370 e. The van der Waals surface area contributed by atoms with E-state index in [4.69, 9.17) is 4.74 Å². The third-order valence-electron chi connectivity index (χ3n) is 5.36. The quantitative estimate of drug-likeness (QED) is 0.699. The number of imidazole rings is 1. The molecule has 29 heavy (non-hydrogen) atoms. The summed E-state index contributed by atoms with van der Waals surface area (Å²) >= 11 is 0. The van der Waals surface area contributed by atoms with Crippen LogP contribution in [0.4, 0.5) is 4.79 Å². The van der Waals surface area contributed by atoms with Gasteiger partial charge in [0.25, 0.3) is 0 Å². The van der Waals surface area contributed by atoms with Crippen LogP contribution in [0.3, 0.4) is 0 Å². The molecule has 2 aromatic heterocycles. The summed E-state index contributed by atoms with van der Waals surface area (Å²) in [5, 5.41) is 3.03. The van der Waals surface area contributed by atoms with Crippen molar-refractivity contribution in [2.45, 2.75) is 32.0 Å². The molecule has 0 saturated carbocycles. The molecule has 1 aliphatic heterocycles. The fourth-order valence-electron chi connectivity index (χ4n) is 3.76. The summed E-state index contributed by atoms with van der Waals surface area (Å²) in [7, 11) is 2.01. The van der Waals surface area contributed by atoms with Gasteiger partial charge < -0.3 is 19.5 Å². The van der Waals surface area contributed by atoms with Crippen LogP contribution in [0, 0.1) is 0 Å². The number of aromatic nitrogens is 3. The minimum absolute atomic E-state index is 0.0325. The lowest BCUT2D eigenvalue weighted by Crippen LogP contribution is -2.48. The van der Waals surface area contributed by atoms with Gasteiger partial charge in [0.2, 0.25) is 0 Å². The van der Waals surface area contributed by atoms with Crippen LogP contribution < -0.4 is 5.32 Å². The summed E-state index contributed by atoms with van der Waals surface area (Å²) in [5.74, 6) is 0.974. The normalized spacial score (nSPS) is 16.9. The maximum Gasteiger partial charge on any atom is 0.317 e. The number of urea groups is 1. The van der Waals surface area contributed by atoms with Crippen molar-refractivity contribution in [1.29, 1.82) is 0 Å². The Morgan fingerprint density at radius 3 is 2.93 bits per heavy atom. The average molecular weight is 393 g/mol. The van der Waals surface area contributed by atoms with E-state index in [1.807, 2.05) is 48.3 Å². The number of para-hydroxylation sites is 2. The Hall–Kier alpha value is -2.93. The summed E-state index contributed by atoms with van der Waals surface area (Å²) in [6, 6.07) is 13.8. The second-order valence-electron chi connectivity index (χ2n) is 7.40. The monoisotopic (exact) mass is 393 g/mol. The van der Waals surface area contributed by atoms with Gasteiger partial charge in [0.05, 0.1) is 29.4 Å². The molecule has 0 spiro atoms. The molecule has 7 heteroatoms. The van der Waals surface area contributed by atoms with Gasteiger partial charge >= 0.3 is 6.03 Å². The van der Waals surface area contributed by atoms with E-state index >= 15 is 0 Å². The predicted molar refractivity (Wildman–Crippen MR) is 111 cm³/mol. The van der Waals surface area contributed by atoms with Gasteiger partial charge in [0.1, 0.15) is 5.82 Å². The molecule has 7 nitrogen and oxygen atoms in total. The number of rotatable bonds is 6. The highest BCUT2D eigenvalue weighted by Crippen LogP contribution is 2.16. The molecular formula is C22H27N5O2. The molecule has 0 bridgehead atoms. The van der Waals surface area contributed by atoms with Gasteiger partial charge in [-0.1, -0.05) is 18.2 Å². The molecule has 1 aromatic carbocycles. The Kier molecular flexibility index (Phi) is 6.05. The van der Waals surface area contributed by atoms with Gasteiger partial charge in [-0.25, -0.2) is 9.78 Å². The van der Waals surface area contributed by atoms with E-state index in [1.165, 1.54) is 0 Å². The van der Waals surface area contributed by atoms with Crippen LogP contribution in [0.5, 0.6) is 0 Å². The second kappa shape index (κ2) is 9.05. The summed E-state index contributed by atoms with van der Waals surface area (Å²) < 4.78 is 8.06. The maximum atomic E-state index is 12.6. The third-order valence-corrected chi connectivity index (χ3v) is 5.36. The molecular weight excluding hydrogens is 366 g/mol. The maximum absolute atomic E-state index is 12.6. The standard InChI is InChI=1S/C22H27N5O2/c1-26-20-10-3-2-9-19(20)25-21(26)11-13-24-22(28)27-14-6-8-18(15-27)29-16-17-7-4-5-12-23-17/h2-5,7,9-10,12,18H,6,8,11,13-16H2,1H3,(H,24,28)/t18-/m0/s1. The number of nitrogens with zero attached hydrogens (tertiary/aromatic N) is 4. The number of carbonyl (C=O) groups excluding carboxylic acids is 1. The molecule has 0 aliphatic carbocycles. The number of carbonyl (C=O) groups is 1. The van der Waals surface area contributed by atoms with E-state index in [-0.39, 0.29) is 12.1 Å². The lowest BCUT2D eigenvalue weighted by atomic mass is 10.1. The first-order chi connectivity index (χ1) is 14.2. The number of piperidine rings is 1. The molecule has 1 fully saturated rings. The van der Waals surface area contributed by atoms with Crippen LogP contribution in [0.15, 0.2) is 48.7 Å². The average Bonchev–Trinajstić information content (AvgIpc) is 3.09. The number of nitrogens with one attached hydrogen (secondary N) is 1. The van der Waals surface area contributed by atoms with Crippen molar-refractivity contribution in [2.24, 2.45) is 7.05 Å². The largest absolute Gasteiger partial charge is 0.370 e. The van der Waals surface area contributed by atoms with Gasteiger partial charge in [-0.05, 0) is 37.1 Å². The Labute approximate surface area is 170 Å². The van der Waals surface area contributed by atoms with E-state index in [2.05, 4.69) is 25.9 Å². The number of fused-ring (bicyclic) bond motifs is 1. The van der Waals surface area contributed by atoms with Crippen LogP contribution in [-0.2, 0) is 24.8 Å². The first-order valence-electron chi connectivity index (χ1n) is 10.2. The van der Waals surface area contributed by atoms with Crippen molar-refractivity contribution in [2.75, 3.05) is 19.6 Å². The number of ether oxygens (including phenoxy) is 1. The number of pyridine rings is 1. The van der Waals surface area contributed by atoms with Crippen LogP contribution in [0.1, 0.15) is 24.4 Å².